The number of ether oxygens (including phenoxy) is 1. The fourth-order valence-corrected chi connectivity index (χ4v) is 3.50. The van der Waals surface area contributed by atoms with Gasteiger partial charge in [-0.3, -0.25) is 14.8 Å². The van der Waals surface area contributed by atoms with Crippen molar-refractivity contribution in [2.24, 2.45) is 4.99 Å². The van der Waals surface area contributed by atoms with Crippen LogP contribution in [-0.4, -0.2) is 23.8 Å². The highest BCUT2D eigenvalue weighted by atomic mass is 79.9. The molecule has 0 fully saturated rings. The van der Waals surface area contributed by atoms with E-state index in [9.17, 15) is 4.79 Å². The summed E-state index contributed by atoms with van der Waals surface area (Å²) in [6.45, 7) is 3.86. The van der Waals surface area contributed by atoms with Crippen LogP contribution in [0.4, 0.5) is 5.69 Å². The van der Waals surface area contributed by atoms with Crippen LogP contribution in [0.15, 0.2) is 64.2 Å². The van der Waals surface area contributed by atoms with E-state index in [0.717, 1.165) is 32.2 Å². The van der Waals surface area contributed by atoms with Crippen LogP contribution in [0.5, 0.6) is 0 Å². The Balaban J connectivity index is 2.17. The van der Waals surface area contributed by atoms with E-state index in [1.807, 2.05) is 62.4 Å². The number of pyridine rings is 1. The van der Waals surface area contributed by atoms with Crippen LogP contribution >= 0.6 is 15.9 Å². The van der Waals surface area contributed by atoms with Gasteiger partial charge in [-0.2, -0.15) is 0 Å². The fourth-order valence-electron chi connectivity index (χ4n) is 2.98. The van der Waals surface area contributed by atoms with E-state index in [-0.39, 0.29) is 5.97 Å². The second-order valence-corrected chi connectivity index (χ2v) is 6.89. The average molecular weight is 411 g/mol. The molecule has 1 unspecified atom stereocenters. The first-order valence-electron chi connectivity index (χ1n) is 8.24. The Morgan fingerprint density at radius 2 is 1.92 bits per heavy atom. The van der Waals surface area contributed by atoms with Gasteiger partial charge in [0.25, 0.3) is 0 Å². The van der Waals surface area contributed by atoms with Gasteiger partial charge in [-0.25, -0.2) is 0 Å². The lowest BCUT2D eigenvalue weighted by molar-refractivity contribution is -0.140. The second kappa shape index (κ2) is 7.79. The van der Waals surface area contributed by atoms with Gasteiger partial charge >= 0.3 is 5.97 Å². The molecule has 0 bridgehead atoms. The Bertz CT molecular complexity index is 998. The highest BCUT2D eigenvalue weighted by Gasteiger charge is 2.26. The van der Waals surface area contributed by atoms with Crippen molar-refractivity contribution >= 4 is 44.2 Å². The quantitative estimate of drug-likeness (QED) is 0.429. The van der Waals surface area contributed by atoms with Crippen LogP contribution in [0.2, 0.25) is 0 Å². The van der Waals surface area contributed by atoms with Crippen molar-refractivity contribution in [1.82, 2.24) is 4.98 Å². The van der Waals surface area contributed by atoms with Crippen molar-refractivity contribution < 1.29 is 9.53 Å². The molecule has 0 radical (unpaired) electrons. The predicted molar refractivity (Wildman–Crippen MR) is 108 cm³/mol. The minimum Gasteiger partial charge on any atom is -0.468 e. The number of hydrogen-bond donors (Lipinski definition) is 0. The van der Waals surface area contributed by atoms with Gasteiger partial charge in [0.1, 0.15) is 5.92 Å². The summed E-state index contributed by atoms with van der Waals surface area (Å²) in [6.07, 6.45) is 1.76. The number of aromatic nitrogens is 1. The number of methoxy groups -OCH3 is 1. The summed E-state index contributed by atoms with van der Waals surface area (Å²) in [6, 6.07) is 15.5. The number of esters is 1. The summed E-state index contributed by atoms with van der Waals surface area (Å²) in [5.74, 6) is -0.920. The second-order valence-electron chi connectivity index (χ2n) is 6.03. The molecular weight excluding hydrogens is 392 g/mol. The summed E-state index contributed by atoms with van der Waals surface area (Å²) in [5, 5.41) is 0.961. The van der Waals surface area contributed by atoms with E-state index in [1.54, 1.807) is 6.20 Å². The molecule has 0 aliphatic carbocycles. The highest BCUT2D eigenvalue weighted by Crippen LogP contribution is 2.32. The molecule has 26 heavy (non-hydrogen) atoms. The van der Waals surface area contributed by atoms with Gasteiger partial charge in [0.2, 0.25) is 0 Å². The smallest absolute Gasteiger partial charge is 0.318 e. The van der Waals surface area contributed by atoms with Crippen molar-refractivity contribution in [3.05, 3.63) is 70.3 Å². The van der Waals surface area contributed by atoms with Crippen LogP contribution in [-0.2, 0) is 9.53 Å². The standard InChI is InChI=1S/C21H19BrN2O2/c1-13-10-11-18-16(8-6-12-23-18)20(13)24-14(2)19(21(25)26-3)15-7-4-5-9-17(15)22/h4-12,19H,1-3H3/b24-14-. The maximum atomic E-state index is 12.5. The summed E-state index contributed by atoms with van der Waals surface area (Å²) in [5.41, 5.74) is 4.23. The zero-order valence-electron chi connectivity index (χ0n) is 14.9. The minimum atomic E-state index is -0.582. The number of aliphatic imine (C=N–C) groups is 1. The lowest BCUT2D eigenvalue weighted by Crippen LogP contribution is -2.21. The maximum Gasteiger partial charge on any atom is 0.318 e. The van der Waals surface area contributed by atoms with E-state index >= 15 is 0 Å². The molecule has 132 valence electrons. The Morgan fingerprint density at radius 1 is 1.15 bits per heavy atom. The van der Waals surface area contributed by atoms with Crippen LogP contribution < -0.4 is 0 Å². The number of hydrogen-bond acceptors (Lipinski definition) is 4. The predicted octanol–water partition coefficient (Wildman–Crippen LogP) is 5.35. The summed E-state index contributed by atoms with van der Waals surface area (Å²) in [7, 11) is 1.40. The molecule has 1 heterocycles. The Morgan fingerprint density at radius 3 is 2.65 bits per heavy atom. The molecule has 0 N–H and O–H groups in total. The third-order valence-electron chi connectivity index (χ3n) is 4.32. The molecule has 2 aromatic carbocycles. The average Bonchev–Trinajstić information content (AvgIpc) is 2.65. The van der Waals surface area contributed by atoms with Crippen LogP contribution in [0.1, 0.15) is 24.0 Å². The zero-order chi connectivity index (χ0) is 18.7. The topological polar surface area (TPSA) is 51.5 Å². The first-order valence-corrected chi connectivity index (χ1v) is 9.04. The number of fused-ring (bicyclic) bond motifs is 1. The van der Waals surface area contributed by atoms with Gasteiger partial charge in [0.15, 0.2) is 0 Å². The molecule has 5 heteroatoms. The zero-order valence-corrected chi connectivity index (χ0v) is 16.4. The molecule has 1 atom stereocenters. The lowest BCUT2D eigenvalue weighted by atomic mass is 9.94. The van der Waals surface area contributed by atoms with E-state index in [0.29, 0.717) is 5.71 Å². The molecule has 0 spiro atoms. The molecule has 0 aliphatic rings. The van der Waals surface area contributed by atoms with E-state index in [4.69, 9.17) is 9.73 Å². The molecule has 1 aromatic heterocycles. The molecular formula is C21H19BrN2O2. The summed E-state index contributed by atoms with van der Waals surface area (Å²) in [4.78, 5) is 21.7. The van der Waals surface area contributed by atoms with Crippen molar-refractivity contribution in [3.63, 3.8) is 0 Å². The lowest BCUT2D eigenvalue weighted by Gasteiger charge is -2.17. The third kappa shape index (κ3) is 3.53. The van der Waals surface area contributed by atoms with Gasteiger partial charge in [-0.1, -0.05) is 40.2 Å². The molecule has 0 saturated heterocycles. The van der Waals surface area contributed by atoms with E-state index < -0.39 is 5.92 Å². The normalized spacial score (nSPS) is 12.8. The van der Waals surface area contributed by atoms with Crippen LogP contribution in [0, 0.1) is 6.92 Å². The molecule has 0 saturated carbocycles. The Kier molecular flexibility index (Phi) is 5.47. The van der Waals surface area contributed by atoms with Gasteiger partial charge in [-0.15, -0.1) is 0 Å². The number of aryl methyl sites for hydroxylation is 1. The van der Waals surface area contributed by atoms with Crippen molar-refractivity contribution in [2.75, 3.05) is 7.11 Å². The summed E-state index contributed by atoms with van der Waals surface area (Å²) >= 11 is 3.53. The first kappa shape index (κ1) is 18.3. The van der Waals surface area contributed by atoms with Crippen molar-refractivity contribution in [3.8, 4) is 0 Å². The largest absolute Gasteiger partial charge is 0.468 e. The molecule has 0 aliphatic heterocycles. The summed E-state index contributed by atoms with van der Waals surface area (Å²) < 4.78 is 5.89. The van der Waals surface area contributed by atoms with Gasteiger partial charge < -0.3 is 4.74 Å². The SMILES string of the molecule is COC(=O)C(/C(C)=N\c1c(C)ccc2ncccc12)c1ccccc1Br. The number of nitrogens with zero attached hydrogens (tertiary/aromatic N) is 2. The number of carbonyl (C=O) groups excluding carboxylic acids is 1. The molecule has 3 aromatic rings. The number of halogens is 1. The fraction of sp³-hybridized carbons (Fsp3) is 0.190. The van der Waals surface area contributed by atoms with Crippen molar-refractivity contribution in [1.29, 1.82) is 0 Å². The van der Waals surface area contributed by atoms with Crippen LogP contribution in [0.3, 0.4) is 0 Å². The van der Waals surface area contributed by atoms with Gasteiger partial charge in [0, 0.05) is 21.8 Å². The number of rotatable bonds is 4. The highest BCUT2D eigenvalue weighted by molar-refractivity contribution is 9.10. The number of benzene rings is 2. The monoisotopic (exact) mass is 410 g/mol. The number of carbonyl (C=O) groups is 1. The Labute approximate surface area is 161 Å². The van der Waals surface area contributed by atoms with Crippen molar-refractivity contribution in [2.45, 2.75) is 19.8 Å². The van der Waals surface area contributed by atoms with Gasteiger partial charge in [-0.05, 0) is 49.2 Å². The Hall–Kier alpha value is -2.53. The van der Waals surface area contributed by atoms with E-state index in [2.05, 4.69) is 20.9 Å². The van der Waals surface area contributed by atoms with E-state index in [1.165, 1.54) is 7.11 Å². The maximum absolute atomic E-state index is 12.5. The molecule has 4 nitrogen and oxygen atoms in total. The molecule has 0 amide bonds. The minimum absolute atomic E-state index is 0.339. The first-order chi connectivity index (χ1) is 12.5. The van der Waals surface area contributed by atoms with Gasteiger partial charge in [0.05, 0.1) is 18.3 Å². The third-order valence-corrected chi connectivity index (χ3v) is 5.04. The molecule has 3 rings (SSSR count). The van der Waals surface area contributed by atoms with Crippen LogP contribution in [0.25, 0.3) is 10.9 Å².